The second-order valence-corrected chi connectivity index (χ2v) is 7.51. The molecule has 144 valence electrons. The SMILES string of the molecule is Cc1nnc(C[C@H]2C=C(c3ccc(Cl)cc3)c3ccccc3-n3c(C)nnc32)o1. The zero-order chi connectivity index (χ0) is 20.0. The Kier molecular flexibility index (Phi) is 4.28. The Morgan fingerprint density at radius 3 is 2.52 bits per heavy atom. The Balaban J connectivity index is 1.73. The standard InChI is InChI=1S/C22H18ClN5O/c1-13-24-27-22-16(12-21-26-25-14(2)29-21)11-19(15-7-9-17(23)10-8-15)18-5-3-4-6-20(18)28(13)22/h3-11,16H,12H2,1-2H3/t16-/m1/s1. The van der Waals surface area contributed by atoms with Gasteiger partial charge in [0.2, 0.25) is 11.8 Å². The third-order valence-electron chi connectivity index (χ3n) is 5.10. The number of rotatable bonds is 3. The molecule has 29 heavy (non-hydrogen) atoms. The van der Waals surface area contributed by atoms with Crippen molar-refractivity contribution in [3.63, 3.8) is 0 Å². The second-order valence-electron chi connectivity index (χ2n) is 7.07. The average Bonchev–Trinajstić information content (AvgIpc) is 3.27. The predicted octanol–water partition coefficient (Wildman–Crippen LogP) is 4.69. The van der Waals surface area contributed by atoms with Crippen molar-refractivity contribution in [2.45, 2.75) is 26.2 Å². The smallest absolute Gasteiger partial charge is 0.217 e. The summed E-state index contributed by atoms with van der Waals surface area (Å²) in [6.45, 7) is 3.76. The maximum Gasteiger partial charge on any atom is 0.217 e. The molecule has 1 aliphatic rings. The molecule has 0 saturated carbocycles. The van der Waals surface area contributed by atoms with Crippen LogP contribution in [0, 0.1) is 13.8 Å². The molecular weight excluding hydrogens is 386 g/mol. The molecule has 0 bridgehead atoms. The summed E-state index contributed by atoms with van der Waals surface area (Å²) in [5, 5.41) is 17.7. The molecule has 0 radical (unpaired) electrons. The van der Waals surface area contributed by atoms with Gasteiger partial charge in [0.1, 0.15) is 11.6 Å². The molecule has 0 N–H and O–H groups in total. The maximum absolute atomic E-state index is 6.13. The van der Waals surface area contributed by atoms with Gasteiger partial charge in [-0.05, 0) is 36.3 Å². The first-order chi connectivity index (χ1) is 14.1. The van der Waals surface area contributed by atoms with Gasteiger partial charge in [0, 0.05) is 29.8 Å². The van der Waals surface area contributed by atoms with Crippen LogP contribution in [0.2, 0.25) is 5.02 Å². The fourth-order valence-electron chi connectivity index (χ4n) is 3.82. The van der Waals surface area contributed by atoms with Gasteiger partial charge in [0.15, 0.2) is 0 Å². The van der Waals surface area contributed by atoms with Crippen molar-refractivity contribution in [3.8, 4) is 5.69 Å². The van der Waals surface area contributed by atoms with Gasteiger partial charge in [0.25, 0.3) is 0 Å². The van der Waals surface area contributed by atoms with Gasteiger partial charge in [0.05, 0.1) is 5.69 Å². The summed E-state index contributed by atoms with van der Waals surface area (Å²) in [5.74, 6) is 2.75. The maximum atomic E-state index is 6.13. The number of aromatic nitrogens is 5. The number of nitrogens with zero attached hydrogens (tertiary/aromatic N) is 5. The van der Waals surface area contributed by atoms with Crippen LogP contribution in [0.15, 0.2) is 59.0 Å². The summed E-state index contributed by atoms with van der Waals surface area (Å²) in [6, 6.07) is 16.2. The van der Waals surface area contributed by atoms with E-state index in [1.54, 1.807) is 6.92 Å². The Hall–Kier alpha value is -3.25. The molecule has 0 unspecified atom stereocenters. The first kappa shape index (κ1) is 17.8. The van der Waals surface area contributed by atoms with Gasteiger partial charge in [-0.25, -0.2) is 0 Å². The summed E-state index contributed by atoms with van der Waals surface area (Å²) >= 11 is 6.13. The molecule has 3 heterocycles. The highest BCUT2D eigenvalue weighted by Gasteiger charge is 2.28. The van der Waals surface area contributed by atoms with Crippen LogP contribution in [-0.4, -0.2) is 25.0 Å². The van der Waals surface area contributed by atoms with Crippen LogP contribution in [0.25, 0.3) is 11.3 Å². The highest BCUT2D eigenvalue weighted by molar-refractivity contribution is 6.30. The summed E-state index contributed by atoms with van der Waals surface area (Å²) in [6.07, 6.45) is 2.76. The normalized spacial score (nSPS) is 15.4. The van der Waals surface area contributed by atoms with E-state index in [1.165, 1.54) is 0 Å². The lowest BCUT2D eigenvalue weighted by molar-refractivity contribution is 0.457. The van der Waals surface area contributed by atoms with E-state index in [2.05, 4.69) is 43.2 Å². The van der Waals surface area contributed by atoms with Crippen molar-refractivity contribution >= 4 is 17.2 Å². The van der Waals surface area contributed by atoms with Crippen molar-refractivity contribution in [2.75, 3.05) is 0 Å². The lowest BCUT2D eigenvalue weighted by Gasteiger charge is -2.13. The first-order valence-electron chi connectivity index (χ1n) is 9.38. The van der Waals surface area contributed by atoms with E-state index in [1.807, 2.05) is 43.3 Å². The van der Waals surface area contributed by atoms with Crippen LogP contribution in [0.4, 0.5) is 0 Å². The average molecular weight is 404 g/mol. The van der Waals surface area contributed by atoms with E-state index in [-0.39, 0.29) is 5.92 Å². The zero-order valence-electron chi connectivity index (χ0n) is 16.0. The minimum absolute atomic E-state index is 0.0749. The number of fused-ring (bicyclic) bond motifs is 3. The van der Waals surface area contributed by atoms with Crippen molar-refractivity contribution in [1.82, 2.24) is 25.0 Å². The van der Waals surface area contributed by atoms with Crippen LogP contribution in [0.1, 0.15) is 40.5 Å². The summed E-state index contributed by atoms with van der Waals surface area (Å²) in [5.41, 5.74) is 4.37. The third-order valence-corrected chi connectivity index (χ3v) is 5.35. The number of allylic oxidation sites excluding steroid dienone is 1. The van der Waals surface area contributed by atoms with E-state index < -0.39 is 0 Å². The fourth-order valence-corrected chi connectivity index (χ4v) is 3.94. The second kappa shape index (κ2) is 6.97. The van der Waals surface area contributed by atoms with E-state index in [0.29, 0.717) is 23.2 Å². The third kappa shape index (κ3) is 3.15. The van der Waals surface area contributed by atoms with Crippen LogP contribution in [0.3, 0.4) is 0 Å². The summed E-state index contributed by atoms with van der Waals surface area (Å²) in [7, 11) is 0. The molecule has 6 nitrogen and oxygen atoms in total. The molecule has 1 aliphatic heterocycles. The molecule has 2 aromatic carbocycles. The molecule has 4 aromatic rings. The number of hydrogen-bond donors (Lipinski definition) is 0. The van der Waals surface area contributed by atoms with Gasteiger partial charge < -0.3 is 4.42 Å². The molecule has 5 rings (SSSR count). The molecule has 0 spiro atoms. The Bertz CT molecular complexity index is 1220. The fraction of sp³-hybridized carbons (Fsp3) is 0.182. The summed E-state index contributed by atoms with van der Waals surface area (Å²) < 4.78 is 7.77. The molecule has 2 aromatic heterocycles. The largest absolute Gasteiger partial charge is 0.426 e. The molecule has 1 atom stereocenters. The monoisotopic (exact) mass is 403 g/mol. The van der Waals surface area contributed by atoms with Gasteiger partial charge in [-0.1, -0.05) is 48.0 Å². The van der Waals surface area contributed by atoms with E-state index in [0.717, 1.165) is 34.0 Å². The van der Waals surface area contributed by atoms with Crippen molar-refractivity contribution in [1.29, 1.82) is 0 Å². The molecule has 0 fully saturated rings. The zero-order valence-corrected chi connectivity index (χ0v) is 16.8. The van der Waals surface area contributed by atoms with Crippen molar-refractivity contribution in [2.24, 2.45) is 0 Å². The van der Waals surface area contributed by atoms with Crippen LogP contribution >= 0.6 is 11.6 Å². The lowest BCUT2D eigenvalue weighted by atomic mass is 9.93. The van der Waals surface area contributed by atoms with Gasteiger partial charge in [-0.3, -0.25) is 4.57 Å². The minimum atomic E-state index is -0.0749. The van der Waals surface area contributed by atoms with Crippen LogP contribution in [-0.2, 0) is 6.42 Å². The minimum Gasteiger partial charge on any atom is -0.426 e. The Morgan fingerprint density at radius 2 is 1.76 bits per heavy atom. The van der Waals surface area contributed by atoms with E-state index in [9.17, 15) is 0 Å². The first-order valence-corrected chi connectivity index (χ1v) is 9.76. The number of hydrogen-bond acceptors (Lipinski definition) is 5. The highest BCUT2D eigenvalue weighted by atomic mass is 35.5. The van der Waals surface area contributed by atoms with E-state index >= 15 is 0 Å². The summed E-state index contributed by atoms with van der Waals surface area (Å²) in [4.78, 5) is 0. The number of para-hydroxylation sites is 1. The van der Waals surface area contributed by atoms with E-state index in [4.69, 9.17) is 16.0 Å². The van der Waals surface area contributed by atoms with Crippen molar-refractivity contribution < 1.29 is 4.42 Å². The Labute approximate surface area is 172 Å². The predicted molar refractivity (Wildman–Crippen MR) is 110 cm³/mol. The number of aryl methyl sites for hydroxylation is 2. The van der Waals surface area contributed by atoms with Gasteiger partial charge >= 0.3 is 0 Å². The lowest BCUT2D eigenvalue weighted by Crippen LogP contribution is -2.09. The number of benzene rings is 2. The molecule has 0 aliphatic carbocycles. The quantitative estimate of drug-likeness (QED) is 0.496. The highest BCUT2D eigenvalue weighted by Crippen LogP contribution is 2.38. The molecule has 0 amide bonds. The number of halogens is 1. The molecular formula is C22H18ClN5O. The topological polar surface area (TPSA) is 69.6 Å². The van der Waals surface area contributed by atoms with Crippen LogP contribution < -0.4 is 0 Å². The van der Waals surface area contributed by atoms with Crippen molar-refractivity contribution in [3.05, 3.63) is 94.2 Å². The van der Waals surface area contributed by atoms with Crippen LogP contribution in [0.5, 0.6) is 0 Å². The molecule has 7 heteroatoms. The Morgan fingerprint density at radius 1 is 0.966 bits per heavy atom. The van der Waals surface area contributed by atoms with Gasteiger partial charge in [-0.2, -0.15) is 0 Å². The molecule has 0 saturated heterocycles. The van der Waals surface area contributed by atoms with Gasteiger partial charge in [-0.15, -0.1) is 20.4 Å².